The van der Waals surface area contributed by atoms with Gasteiger partial charge in [-0.2, -0.15) is 0 Å². The van der Waals surface area contributed by atoms with Crippen molar-refractivity contribution in [2.45, 2.75) is 24.5 Å². The number of hydrogen-bond donors (Lipinski definition) is 2. The number of aliphatic hydroxyl groups is 2. The Labute approximate surface area is 244 Å². The second-order valence-corrected chi connectivity index (χ2v) is 9.72. The Balaban J connectivity index is 1.42. The predicted octanol–water partition coefficient (Wildman–Crippen LogP) is 2.79. The standard InChI is InChI=1S/C31H25N5O7/c37-22-16-42-30(25(24(22)38)43-31(41)21-14-8-3-9-15-21)35-18-34-23-26(35)32-17-33-27(23)36(28(39)19-10-4-1-5-11-19)29(40)20-12-6-2-7-13-20/h1-15,17-18,22,24-25,30,37-38H,16H2. The third kappa shape index (κ3) is 5.37. The van der Waals surface area contributed by atoms with E-state index in [1.54, 1.807) is 91.0 Å². The molecule has 5 aromatic rings. The Morgan fingerprint density at radius 1 is 0.791 bits per heavy atom. The zero-order valence-electron chi connectivity index (χ0n) is 22.5. The molecular weight excluding hydrogens is 554 g/mol. The normalized spacial score (nSPS) is 20.0. The SMILES string of the molecule is O=C(OC1C(O)C(O)COC1n1cnc2c(N(C(=O)c3ccccc3)C(=O)c3ccccc3)ncnc21)c1ccccc1. The van der Waals surface area contributed by atoms with E-state index in [2.05, 4.69) is 15.0 Å². The van der Waals surface area contributed by atoms with Gasteiger partial charge in [-0.05, 0) is 36.4 Å². The summed E-state index contributed by atoms with van der Waals surface area (Å²) in [5.74, 6) is -2.09. The van der Waals surface area contributed by atoms with Gasteiger partial charge in [-0.3, -0.25) is 14.2 Å². The minimum Gasteiger partial charge on any atom is -0.451 e. The Hall–Kier alpha value is -5.30. The molecule has 1 aliphatic heterocycles. The van der Waals surface area contributed by atoms with Crippen LogP contribution in [-0.4, -0.2) is 72.4 Å². The maximum atomic E-state index is 13.8. The predicted molar refractivity (Wildman–Crippen MR) is 152 cm³/mol. The summed E-state index contributed by atoms with van der Waals surface area (Å²) in [7, 11) is 0. The molecule has 1 saturated heterocycles. The molecule has 2 aromatic heterocycles. The number of esters is 1. The molecule has 3 aromatic carbocycles. The number of rotatable bonds is 6. The summed E-state index contributed by atoms with van der Waals surface area (Å²) in [6.45, 7) is -0.270. The average molecular weight is 580 g/mol. The lowest BCUT2D eigenvalue weighted by molar-refractivity contribution is -0.210. The van der Waals surface area contributed by atoms with Crippen molar-refractivity contribution in [3.63, 3.8) is 0 Å². The summed E-state index contributed by atoms with van der Waals surface area (Å²) < 4.78 is 12.9. The van der Waals surface area contributed by atoms with Gasteiger partial charge in [0.15, 0.2) is 29.3 Å². The number of imidazole rings is 1. The Kier molecular flexibility index (Phi) is 7.71. The van der Waals surface area contributed by atoms with Gasteiger partial charge in [0.05, 0.1) is 18.5 Å². The first-order valence-electron chi connectivity index (χ1n) is 13.3. The van der Waals surface area contributed by atoms with E-state index in [-0.39, 0.29) is 40.3 Å². The monoisotopic (exact) mass is 579 g/mol. The molecule has 6 rings (SSSR count). The fourth-order valence-corrected chi connectivity index (χ4v) is 4.80. The summed E-state index contributed by atoms with van der Waals surface area (Å²) in [5.41, 5.74) is 0.944. The van der Waals surface area contributed by atoms with Crippen molar-refractivity contribution in [1.29, 1.82) is 0 Å². The van der Waals surface area contributed by atoms with E-state index in [0.29, 0.717) is 0 Å². The Bertz CT molecular complexity index is 1710. The molecule has 0 radical (unpaired) electrons. The highest BCUT2D eigenvalue weighted by Gasteiger charge is 2.44. The van der Waals surface area contributed by atoms with Gasteiger partial charge < -0.3 is 19.7 Å². The van der Waals surface area contributed by atoms with Gasteiger partial charge in [0.2, 0.25) is 0 Å². The first-order chi connectivity index (χ1) is 20.9. The molecule has 2 N–H and O–H groups in total. The fourth-order valence-electron chi connectivity index (χ4n) is 4.80. The lowest BCUT2D eigenvalue weighted by atomic mass is 10.0. The number of amides is 2. The van der Waals surface area contributed by atoms with Crippen molar-refractivity contribution in [3.8, 4) is 0 Å². The number of carbonyl (C=O) groups excluding carboxylic acids is 3. The van der Waals surface area contributed by atoms with Crippen LogP contribution in [0.25, 0.3) is 11.2 Å². The van der Waals surface area contributed by atoms with Crippen LogP contribution in [-0.2, 0) is 9.47 Å². The number of nitrogens with zero attached hydrogens (tertiary/aromatic N) is 5. The van der Waals surface area contributed by atoms with Crippen LogP contribution in [0.3, 0.4) is 0 Å². The van der Waals surface area contributed by atoms with E-state index in [4.69, 9.17) is 9.47 Å². The average Bonchev–Trinajstić information content (AvgIpc) is 3.49. The quantitative estimate of drug-likeness (QED) is 0.226. The lowest BCUT2D eigenvalue weighted by Crippen LogP contribution is -2.52. The number of hydrogen-bond acceptors (Lipinski definition) is 10. The first kappa shape index (κ1) is 27.8. The molecule has 4 unspecified atom stereocenters. The maximum absolute atomic E-state index is 13.8. The van der Waals surface area contributed by atoms with Crippen molar-refractivity contribution in [2.24, 2.45) is 0 Å². The van der Waals surface area contributed by atoms with E-state index in [1.165, 1.54) is 17.2 Å². The molecule has 2 amide bonds. The number of anilines is 1. The fraction of sp³-hybridized carbons (Fsp3) is 0.161. The van der Waals surface area contributed by atoms with Crippen LogP contribution < -0.4 is 4.90 Å². The highest BCUT2D eigenvalue weighted by Crippen LogP contribution is 2.32. The molecule has 0 spiro atoms. The van der Waals surface area contributed by atoms with E-state index in [9.17, 15) is 24.6 Å². The molecule has 4 atom stereocenters. The van der Waals surface area contributed by atoms with Gasteiger partial charge >= 0.3 is 5.97 Å². The number of fused-ring (bicyclic) bond motifs is 1. The van der Waals surface area contributed by atoms with Crippen molar-refractivity contribution in [3.05, 3.63) is 120 Å². The molecular formula is C31H25N5O7. The smallest absolute Gasteiger partial charge is 0.338 e. The van der Waals surface area contributed by atoms with Crippen LogP contribution in [0.1, 0.15) is 37.3 Å². The van der Waals surface area contributed by atoms with Crippen LogP contribution in [0.4, 0.5) is 5.82 Å². The summed E-state index contributed by atoms with van der Waals surface area (Å²) >= 11 is 0. The number of aliphatic hydroxyl groups excluding tert-OH is 2. The van der Waals surface area contributed by atoms with Crippen LogP contribution in [0.15, 0.2) is 104 Å². The zero-order chi connectivity index (χ0) is 29.9. The van der Waals surface area contributed by atoms with E-state index in [1.807, 2.05) is 0 Å². The highest BCUT2D eigenvalue weighted by molar-refractivity contribution is 6.27. The van der Waals surface area contributed by atoms with Crippen molar-refractivity contribution >= 4 is 34.8 Å². The number of ether oxygens (including phenoxy) is 2. The van der Waals surface area contributed by atoms with Gasteiger partial charge in [0.25, 0.3) is 11.8 Å². The molecule has 12 heteroatoms. The molecule has 0 bridgehead atoms. The van der Waals surface area contributed by atoms with Crippen LogP contribution >= 0.6 is 0 Å². The third-order valence-corrected chi connectivity index (χ3v) is 6.98. The molecule has 0 aliphatic carbocycles. The van der Waals surface area contributed by atoms with Gasteiger partial charge in [0.1, 0.15) is 18.5 Å². The van der Waals surface area contributed by atoms with Gasteiger partial charge in [-0.15, -0.1) is 0 Å². The maximum Gasteiger partial charge on any atom is 0.338 e. The Morgan fingerprint density at radius 3 is 1.93 bits per heavy atom. The van der Waals surface area contributed by atoms with Gasteiger partial charge in [-0.1, -0.05) is 54.6 Å². The number of aromatic nitrogens is 4. The van der Waals surface area contributed by atoms with Gasteiger partial charge in [-0.25, -0.2) is 24.6 Å². The van der Waals surface area contributed by atoms with Gasteiger partial charge in [0, 0.05) is 11.1 Å². The largest absolute Gasteiger partial charge is 0.451 e. The minimum atomic E-state index is -1.50. The summed E-state index contributed by atoms with van der Waals surface area (Å²) in [6.07, 6.45) is -2.87. The van der Waals surface area contributed by atoms with Crippen LogP contribution in [0.5, 0.6) is 0 Å². The summed E-state index contributed by atoms with van der Waals surface area (Å²) in [5, 5.41) is 21.2. The first-order valence-corrected chi connectivity index (χ1v) is 13.3. The second-order valence-electron chi connectivity index (χ2n) is 9.72. The summed E-state index contributed by atoms with van der Waals surface area (Å²) in [4.78, 5) is 54.4. The third-order valence-electron chi connectivity index (χ3n) is 6.98. The van der Waals surface area contributed by atoms with Crippen molar-refractivity contribution < 1.29 is 34.1 Å². The van der Waals surface area contributed by atoms with E-state index >= 15 is 0 Å². The summed E-state index contributed by atoms with van der Waals surface area (Å²) in [6, 6.07) is 24.7. The second kappa shape index (κ2) is 11.9. The molecule has 216 valence electrons. The van der Waals surface area contributed by atoms with E-state index < -0.39 is 42.3 Å². The Morgan fingerprint density at radius 2 is 1.35 bits per heavy atom. The zero-order valence-corrected chi connectivity index (χ0v) is 22.5. The minimum absolute atomic E-state index is 0.0772. The molecule has 0 saturated carbocycles. The highest BCUT2D eigenvalue weighted by atomic mass is 16.6. The molecule has 43 heavy (non-hydrogen) atoms. The molecule has 3 heterocycles. The van der Waals surface area contributed by atoms with Crippen LogP contribution in [0.2, 0.25) is 0 Å². The van der Waals surface area contributed by atoms with Crippen molar-refractivity contribution in [2.75, 3.05) is 11.5 Å². The number of carbonyl (C=O) groups is 3. The molecule has 12 nitrogen and oxygen atoms in total. The topological polar surface area (TPSA) is 157 Å². The molecule has 1 aliphatic rings. The van der Waals surface area contributed by atoms with Crippen molar-refractivity contribution in [1.82, 2.24) is 19.5 Å². The lowest BCUT2D eigenvalue weighted by Gasteiger charge is -2.38. The molecule has 1 fully saturated rings. The number of imide groups is 1. The van der Waals surface area contributed by atoms with E-state index in [0.717, 1.165) is 4.90 Å². The number of benzene rings is 3. The van der Waals surface area contributed by atoms with Crippen LogP contribution in [0, 0.1) is 0 Å².